The average molecular weight is 410 g/mol. The Morgan fingerprint density at radius 2 is 1.72 bits per heavy atom. The molecule has 150 valence electrons. The minimum absolute atomic E-state index is 0.0752. The third-order valence-electron chi connectivity index (χ3n) is 5.15. The van der Waals surface area contributed by atoms with E-state index in [0.29, 0.717) is 37.6 Å². The highest BCUT2D eigenvalue weighted by Gasteiger charge is 2.30. The molecule has 0 unspecified atom stereocenters. The van der Waals surface area contributed by atoms with E-state index in [1.807, 2.05) is 61.5 Å². The molecule has 1 saturated heterocycles. The molecule has 0 bridgehead atoms. The summed E-state index contributed by atoms with van der Waals surface area (Å²) < 4.78 is 32.2. The summed E-state index contributed by atoms with van der Waals surface area (Å²) >= 11 is 0. The fraction of sp³-hybridized carbons (Fsp3) is 0.273. The van der Waals surface area contributed by atoms with Crippen LogP contribution in [0.3, 0.4) is 0 Å². The fourth-order valence-electron chi connectivity index (χ4n) is 3.39. The van der Waals surface area contributed by atoms with Crippen molar-refractivity contribution in [2.45, 2.75) is 25.7 Å². The standard InChI is InChI=1S/C22H23N3O3S/c1-17-7-9-19(10-8-17)21-23-22(28-24-21)20-11-14-25(15-12-20)29(26,27)16-13-18-5-3-2-4-6-18/h2-10,13,16,20H,11-12,14-15H2,1H3. The summed E-state index contributed by atoms with van der Waals surface area (Å²) in [6, 6.07) is 17.4. The quantitative estimate of drug-likeness (QED) is 0.630. The van der Waals surface area contributed by atoms with Crippen molar-refractivity contribution in [2.24, 2.45) is 0 Å². The normalized spacial score (nSPS) is 16.4. The summed E-state index contributed by atoms with van der Waals surface area (Å²) in [5, 5.41) is 5.38. The van der Waals surface area contributed by atoms with E-state index >= 15 is 0 Å². The first-order valence-corrected chi connectivity index (χ1v) is 11.2. The van der Waals surface area contributed by atoms with Crippen LogP contribution in [-0.2, 0) is 10.0 Å². The molecule has 1 fully saturated rings. The predicted molar refractivity (Wildman–Crippen MR) is 112 cm³/mol. The van der Waals surface area contributed by atoms with Crippen molar-refractivity contribution in [3.05, 3.63) is 77.0 Å². The zero-order chi connectivity index (χ0) is 20.3. The first-order valence-electron chi connectivity index (χ1n) is 9.65. The molecule has 2 heterocycles. The molecule has 29 heavy (non-hydrogen) atoms. The third-order valence-corrected chi connectivity index (χ3v) is 6.71. The Balaban J connectivity index is 1.39. The van der Waals surface area contributed by atoms with Crippen molar-refractivity contribution < 1.29 is 12.9 Å². The van der Waals surface area contributed by atoms with Gasteiger partial charge in [0.25, 0.3) is 0 Å². The van der Waals surface area contributed by atoms with Crippen LogP contribution >= 0.6 is 0 Å². The summed E-state index contributed by atoms with van der Waals surface area (Å²) in [7, 11) is -3.44. The minimum Gasteiger partial charge on any atom is -0.339 e. The molecule has 6 nitrogen and oxygen atoms in total. The lowest BCUT2D eigenvalue weighted by Gasteiger charge is -2.28. The molecular formula is C22H23N3O3S. The van der Waals surface area contributed by atoms with Crippen LogP contribution in [0.2, 0.25) is 0 Å². The van der Waals surface area contributed by atoms with Crippen molar-refractivity contribution in [2.75, 3.05) is 13.1 Å². The van der Waals surface area contributed by atoms with Crippen molar-refractivity contribution in [1.82, 2.24) is 14.4 Å². The Morgan fingerprint density at radius 1 is 1.03 bits per heavy atom. The lowest BCUT2D eigenvalue weighted by molar-refractivity contribution is 0.272. The predicted octanol–water partition coefficient (Wildman–Crippen LogP) is 4.23. The average Bonchev–Trinajstić information content (AvgIpc) is 3.24. The van der Waals surface area contributed by atoms with E-state index in [1.54, 1.807) is 6.08 Å². The number of benzene rings is 2. The van der Waals surface area contributed by atoms with Gasteiger partial charge in [0, 0.05) is 30.0 Å². The Bertz CT molecular complexity index is 1080. The number of hydrogen-bond donors (Lipinski definition) is 0. The largest absolute Gasteiger partial charge is 0.339 e. The van der Waals surface area contributed by atoms with Crippen molar-refractivity contribution in [3.8, 4) is 11.4 Å². The van der Waals surface area contributed by atoms with Crippen LogP contribution in [0.25, 0.3) is 17.5 Å². The van der Waals surface area contributed by atoms with Gasteiger partial charge in [0.05, 0.1) is 0 Å². The Kier molecular flexibility index (Phi) is 5.60. The van der Waals surface area contributed by atoms with Crippen LogP contribution in [0, 0.1) is 6.92 Å². The van der Waals surface area contributed by atoms with Crippen LogP contribution in [-0.4, -0.2) is 36.0 Å². The van der Waals surface area contributed by atoms with Gasteiger partial charge in [-0.05, 0) is 31.4 Å². The number of aromatic nitrogens is 2. The third kappa shape index (κ3) is 4.63. The molecule has 3 aromatic rings. The number of piperidine rings is 1. The van der Waals surface area contributed by atoms with Gasteiger partial charge >= 0.3 is 0 Å². The van der Waals surface area contributed by atoms with E-state index in [9.17, 15) is 8.42 Å². The van der Waals surface area contributed by atoms with E-state index in [2.05, 4.69) is 10.1 Å². The van der Waals surface area contributed by atoms with Gasteiger partial charge in [0.1, 0.15) is 0 Å². The number of sulfonamides is 1. The van der Waals surface area contributed by atoms with Gasteiger partial charge in [-0.2, -0.15) is 9.29 Å². The molecule has 1 aliphatic heterocycles. The van der Waals surface area contributed by atoms with E-state index in [-0.39, 0.29) is 5.92 Å². The fourth-order valence-corrected chi connectivity index (χ4v) is 4.61. The SMILES string of the molecule is Cc1ccc(-c2noc(C3CCN(S(=O)(=O)C=Cc4ccccc4)CC3)n2)cc1. The first kappa shape index (κ1) is 19.5. The van der Waals surface area contributed by atoms with Gasteiger partial charge in [-0.3, -0.25) is 0 Å². The second-order valence-corrected chi connectivity index (χ2v) is 9.07. The van der Waals surface area contributed by atoms with Crippen molar-refractivity contribution >= 4 is 16.1 Å². The Morgan fingerprint density at radius 3 is 2.41 bits per heavy atom. The van der Waals surface area contributed by atoms with Crippen LogP contribution in [0.4, 0.5) is 0 Å². The molecule has 1 aromatic heterocycles. The minimum atomic E-state index is -3.44. The molecule has 0 radical (unpaired) electrons. The summed E-state index contributed by atoms with van der Waals surface area (Å²) in [6.45, 7) is 2.91. The summed E-state index contributed by atoms with van der Waals surface area (Å²) in [4.78, 5) is 4.54. The molecule has 0 spiro atoms. The first-order chi connectivity index (χ1) is 14.0. The monoisotopic (exact) mass is 409 g/mol. The number of aryl methyl sites for hydroxylation is 1. The highest BCUT2D eigenvalue weighted by atomic mass is 32.2. The molecular weight excluding hydrogens is 386 g/mol. The maximum absolute atomic E-state index is 12.6. The molecule has 0 amide bonds. The van der Waals surface area contributed by atoms with E-state index in [4.69, 9.17) is 4.52 Å². The maximum atomic E-state index is 12.6. The van der Waals surface area contributed by atoms with Crippen LogP contribution in [0.1, 0.15) is 35.8 Å². The van der Waals surface area contributed by atoms with Crippen LogP contribution in [0.15, 0.2) is 64.5 Å². The number of rotatable bonds is 5. The van der Waals surface area contributed by atoms with Gasteiger partial charge in [-0.1, -0.05) is 65.3 Å². The second-order valence-electron chi connectivity index (χ2n) is 7.25. The highest BCUT2D eigenvalue weighted by molar-refractivity contribution is 7.92. The lowest BCUT2D eigenvalue weighted by Crippen LogP contribution is -2.36. The summed E-state index contributed by atoms with van der Waals surface area (Å²) in [5.41, 5.74) is 2.95. The number of nitrogens with zero attached hydrogens (tertiary/aromatic N) is 3. The van der Waals surface area contributed by atoms with E-state index in [0.717, 1.165) is 11.1 Å². The summed E-state index contributed by atoms with van der Waals surface area (Å²) in [6.07, 6.45) is 2.95. The Labute approximate surface area is 170 Å². The van der Waals surface area contributed by atoms with E-state index in [1.165, 1.54) is 15.3 Å². The molecule has 0 N–H and O–H groups in total. The second kappa shape index (κ2) is 8.31. The summed E-state index contributed by atoms with van der Waals surface area (Å²) in [5.74, 6) is 1.23. The van der Waals surface area contributed by atoms with Gasteiger partial charge in [-0.25, -0.2) is 8.42 Å². The molecule has 0 saturated carbocycles. The van der Waals surface area contributed by atoms with Gasteiger partial charge in [0.15, 0.2) is 0 Å². The molecule has 4 rings (SSSR count). The van der Waals surface area contributed by atoms with E-state index < -0.39 is 10.0 Å². The van der Waals surface area contributed by atoms with Crippen molar-refractivity contribution in [3.63, 3.8) is 0 Å². The van der Waals surface area contributed by atoms with Crippen molar-refractivity contribution in [1.29, 1.82) is 0 Å². The Hall–Kier alpha value is -2.77. The topological polar surface area (TPSA) is 76.3 Å². The zero-order valence-electron chi connectivity index (χ0n) is 16.2. The molecule has 2 aromatic carbocycles. The van der Waals surface area contributed by atoms with Crippen LogP contribution in [0.5, 0.6) is 0 Å². The molecule has 7 heteroatoms. The highest BCUT2D eigenvalue weighted by Crippen LogP contribution is 2.30. The smallest absolute Gasteiger partial charge is 0.236 e. The number of hydrogen-bond acceptors (Lipinski definition) is 5. The van der Waals surface area contributed by atoms with Crippen LogP contribution < -0.4 is 0 Å². The molecule has 0 atom stereocenters. The maximum Gasteiger partial charge on any atom is 0.236 e. The van der Waals surface area contributed by atoms with Gasteiger partial charge in [0.2, 0.25) is 21.7 Å². The lowest BCUT2D eigenvalue weighted by atomic mass is 9.98. The van der Waals surface area contributed by atoms with Gasteiger partial charge in [-0.15, -0.1) is 0 Å². The molecule has 1 aliphatic rings. The van der Waals surface area contributed by atoms with Gasteiger partial charge < -0.3 is 4.52 Å². The molecule has 0 aliphatic carbocycles. The zero-order valence-corrected chi connectivity index (χ0v) is 17.0.